The molecule has 2 amide bonds. The maximum absolute atomic E-state index is 12.0. The van der Waals surface area contributed by atoms with Crippen LogP contribution in [0.1, 0.15) is 30.6 Å². The molecule has 1 saturated carbocycles. The minimum absolute atomic E-state index is 0.0122. The third-order valence-electron chi connectivity index (χ3n) is 3.63. The molecule has 0 radical (unpaired) electrons. The fourth-order valence-electron chi connectivity index (χ4n) is 2.05. The monoisotopic (exact) mass is 285 g/mol. The molecule has 0 heterocycles. The van der Waals surface area contributed by atoms with Gasteiger partial charge in [-0.15, -0.1) is 0 Å². The number of amides is 2. The Morgan fingerprint density at radius 1 is 1.48 bits per heavy atom. The van der Waals surface area contributed by atoms with Gasteiger partial charge in [0.2, 0.25) is 5.91 Å². The van der Waals surface area contributed by atoms with Gasteiger partial charge in [0, 0.05) is 23.7 Å². The summed E-state index contributed by atoms with van der Waals surface area (Å²) in [6.45, 7) is 4.10. The zero-order valence-corrected chi connectivity index (χ0v) is 12.2. The predicted octanol–water partition coefficient (Wildman–Crippen LogP) is 2.17. The molecular formula is C16H19N3O2. The minimum Gasteiger partial charge on any atom is -0.351 e. The minimum atomic E-state index is -0.243. The number of nitrogens with one attached hydrogen (secondary N) is 2. The van der Waals surface area contributed by atoms with Gasteiger partial charge in [0.25, 0.3) is 5.91 Å². The van der Waals surface area contributed by atoms with E-state index in [9.17, 15) is 9.59 Å². The van der Waals surface area contributed by atoms with Crippen LogP contribution in [0, 0.1) is 29.1 Å². The molecule has 0 aliphatic heterocycles. The van der Waals surface area contributed by atoms with Crippen LogP contribution < -0.4 is 10.6 Å². The molecule has 1 aliphatic carbocycles. The smallest absolute Gasteiger partial charge is 0.251 e. The Morgan fingerprint density at radius 2 is 2.19 bits per heavy atom. The van der Waals surface area contributed by atoms with E-state index in [0.29, 0.717) is 23.7 Å². The van der Waals surface area contributed by atoms with Crippen molar-refractivity contribution >= 4 is 17.5 Å². The lowest BCUT2D eigenvalue weighted by atomic mass is 10.1. The van der Waals surface area contributed by atoms with Crippen LogP contribution in [-0.4, -0.2) is 18.4 Å². The summed E-state index contributed by atoms with van der Waals surface area (Å²) in [5.41, 5.74) is 1.10. The molecule has 110 valence electrons. The molecule has 5 heteroatoms. The Hall–Kier alpha value is -2.35. The number of nitriles is 1. The van der Waals surface area contributed by atoms with E-state index in [4.69, 9.17) is 5.26 Å². The number of carbonyl (C=O) groups is 2. The van der Waals surface area contributed by atoms with E-state index in [1.54, 1.807) is 31.2 Å². The molecule has 0 saturated heterocycles. The molecule has 1 aliphatic rings. The predicted molar refractivity (Wildman–Crippen MR) is 79.5 cm³/mol. The van der Waals surface area contributed by atoms with Gasteiger partial charge in [-0.1, -0.05) is 13.0 Å². The van der Waals surface area contributed by atoms with Crippen LogP contribution in [0.2, 0.25) is 0 Å². The molecule has 0 aromatic heterocycles. The third-order valence-corrected chi connectivity index (χ3v) is 3.63. The highest BCUT2D eigenvalue weighted by molar-refractivity contribution is 5.98. The van der Waals surface area contributed by atoms with E-state index in [-0.39, 0.29) is 23.7 Å². The number of nitrogens with zero attached hydrogens (tertiary/aromatic N) is 1. The molecule has 2 rings (SSSR count). The van der Waals surface area contributed by atoms with Gasteiger partial charge in [-0.25, -0.2) is 0 Å². The summed E-state index contributed by atoms with van der Waals surface area (Å²) in [6.07, 6.45) is 0.929. The van der Waals surface area contributed by atoms with E-state index < -0.39 is 0 Å². The molecule has 3 unspecified atom stereocenters. The summed E-state index contributed by atoms with van der Waals surface area (Å²) in [4.78, 5) is 23.8. The first-order chi connectivity index (χ1) is 10.0. The van der Waals surface area contributed by atoms with Crippen molar-refractivity contribution in [3.8, 4) is 6.07 Å². The maximum Gasteiger partial charge on any atom is 0.251 e. The molecular weight excluding hydrogens is 266 g/mol. The van der Waals surface area contributed by atoms with Crippen LogP contribution in [-0.2, 0) is 4.79 Å². The van der Waals surface area contributed by atoms with Crippen LogP contribution in [0.3, 0.4) is 0 Å². The molecule has 5 nitrogen and oxygen atoms in total. The van der Waals surface area contributed by atoms with E-state index in [0.717, 1.165) is 6.42 Å². The quantitative estimate of drug-likeness (QED) is 0.869. The second-order valence-corrected chi connectivity index (χ2v) is 5.63. The van der Waals surface area contributed by atoms with Crippen molar-refractivity contribution in [1.82, 2.24) is 5.32 Å². The van der Waals surface area contributed by atoms with Crippen molar-refractivity contribution in [2.75, 3.05) is 11.9 Å². The first-order valence-electron chi connectivity index (χ1n) is 7.10. The van der Waals surface area contributed by atoms with Crippen LogP contribution in [0.25, 0.3) is 0 Å². The average Bonchev–Trinajstić information content (AvgIpc) is 3.21. The Kier molecular flexibility index (Phi) is 4.59. The van der Waals surface area contributed by atoms with Gasteiger partial charge in [-0.2, -0.15) is 5.26 Å². The highest BCUT2D eigenvalue weighted by atomic mass is 16.2. The second-order valence-electron chi connectivity index (χ2n) is 5.63. The lowest BCUT2D eigenvalue weighted by Gasteiger charge is -2.09. The fraction of sp³-hybridized carbons (Fsp3) is 0.438. The summed E-state index contributed by atoms with van der Waals surface area (Å²) >= 11 is 0. The summed E-state index contributed by atoms with van der Waals surface area (Å²) < 4.78 is 0. The van der Waals surface area contributed by atoms with Crippen LogP contribution in [0.5, 0.6) is 0 Å². The van der Waals surface area contributed by atoms with Crippen molar-refractivity contribution in [1.29, 1.82) is 5.26 Å². The van der Waals surface area contributed by atoms with Gasteiger partial charge < -0.3 is 10.6 Å². The van der Waals surface area contributed by atoms with Crippen LogP contribution in [0.4, 0.5) is 5.69 Å². The van der Waals surface area contributed by atoms with E-state index in [2.05, 4.69) is 16.7 Å². The molecule has 0 spiro atoms. The number of hydrogen-bond donors (Lipinski definition) is 2. The Morgan fingerprint density at radius 3 is 2.81 bits per heavy atom. The van der Waals surface area contributed by atoms with Gasteiger partial charge >= 0.3 is 0 Å². The van der Waals surface area contributed by atoms with Crippen LogP contribution in [0.15, 0.2) is 24.3 Å². The van der Waals surface area contributed by atoms with Gasteiger partial charge in [0.15, 0.2) is 0 Å². The summed E-state index contributed by atoms with van der Waals surface area (Å²) in [5, 5.41) is 14.2. The number of anilines is 1. The normalized spacial score (nSPS) is 21.0. The SMILES string of the molecule is CC(C#N)CNC(=O)c1cccc(NC(=O)C2CC2C)c1. The maximum atomic E-state index is 12.0. The first-order valence-corrected chi connectivity index (χ1v) is 7.10. The summed E-state index contributed by atoms with van der Waals surface area (Å²) in [5.74, 6) is 0.0854. The number of carbonyl (C=O) groups excluding carboxylic acids is 2. The van der Waals surface area contributed by atoms with Crippen molar-refractivity contribution in [3.63, 3.8) is 0 Å². The molecule has 1 aromatic carbocycles. The fourth-order valence-corrected chi connectivity index (χ4v) is 2.05. The molecule has 1 aromatic rings. The zero-order chi connectivity index (χ0) is 15.4. The number of hydrogen-bond acceptors (Lipinski definition) is 3. The lowest BCUT2D eigenvalue weighted by molar-refractivity contribution is -0.117. The topological polar surface area (TPSA) is 82.0 Å². The highest BCUT2D eigenvalue weighted by Gasteiger charge is 2.39. The van der Waals surface area contributed by atoms with Gasteiger partial charge in [-0.05, 0) is 37.5 Å². The summed E-state index contributed by atoms with van der Waals surface area (Å²) in [6, 6.07) is 8.89. The van der Waals surface area contributed by atoms with Crippen molar-refractivity contribution < 1.29 is 9.59 Å². The number of rotatable bonds is 5. The van der Waals surface area contributed by atoms with E-state index in [1.165, 1.54) is 0 Å². The summed E-state index contributed by atoms with van der Waals surface area (Å²) in [7, 11) is 0. The van der Waals surface area contributed by atoms with Gasteiger partial charge in [0.05, 0.1) is 12.0 Å². The van der Waals surface area contributed by atoms with Gasteiger partial charge in [-0.3, -0.25) is 9.59 Å². The second kappa shape index (κ2) is 6.40. The molecule has 21 heavy (non-hydrogen) atoms. The van der Waals surface area contributed by atoms with E-state index in [1.807, 2.05) is 6.92 Å². The Balaban J connectivity index is 1.95. The van der Waals surface area contributed by atoms with Gasteiger partial charge in [0.1, 0.15) is 0 Å². The third kappa shape index (κ3) is 4.06. The van der Waals surface area contributed by atoms with Crippen LogP contribution >= 0.6 is 0 Å². The average molecular weight is 285 g/mol. The lowest BCUT2D eigenvalue weighted by Crippen LogP contribution is -2.27. The zero-order valence-electron chi connectivity index (χ0n) is 12.2. The van der Waals surface area contributed by atoms with Crippen molar-refractivity contribution in [3.05, 3.63) is 29.8 Å². The molecule has 2 N–H and O–H groups in total. The first kappa shape index (κ1) is 15.0. The Bertz CT molecular complexity index is 591. The largest absolute Gasteiger partial charge is 0.351 e. The van der Waals surface area contributed by atoms with Crippen molar-refractivity contribution in [2.45, 2.75) is 20.3 Å². The molecule has 1 fully saturated rings. The van der Waals surface area contributed by atoms with Crippen molar-refractivity contribution in [2.24, 2.45) is 17.8 Å². The van der Waals surface area contributed by atoms with E-state index >= 15 is 0 Å². The Labute approximate surface area is 124 Å². The molecule has 0 bridgehead atoms. The standard InChI is InChI=1S/C16H19N3O2/c1-10(8-17)9-18-15(20)12-4-3-5-13(7-12)19-16(21)14-6-11(14)2/h3-5,7,10-11,14H,6,9H2,1-2H3,(H,18,20)(H,19,21). The highest BCUT2D eigenvalue weighted by Crippen LogP contribution is 2.38. The molecule has 3 atom stereocenters. The number of benzene rings is 1.